The molecule has 0 radical (unpaired) electrons. The molecule has 7 nitrogen and oxygen atoms in total. The monoisotopic (exact) mass is 467 g/mol. The minimum absolute atomic E-state index is 0.305. The molecule has 0 spiro atoms. The van der Waals surface area contributed by atoms with Crippen molar-refractivity contribution in [1.82, 2.24) is 15.3 Å². The maximum atomic E-state index is 12.2. The van der Waals surface area contributed by atoms with Gasteiger partial charge in [0, 0.05) is 36.4 Å². The molecular formula is C22H22BrN5O2. The zero-order valence-corrected chi connectivity index (χ0v) is 17.9. The molecule has 3 heterocycles. The second-order valence-corrected chi connectivity index (χ2v) is 7.89. The van der Waals surface area contributed by atoms with Crippen molar-refractivity contribution >= 4 is 33.5 Å². The van der Waals surface area contributed by atoms with Crippen molar-refractivity contribution in [3.63, 3.8) is 0 Å². The number of benzene rings is 1. The van der Waals surface area contributed by atoms with E-state index >= 15 is 0 Å². The normalized spacial score (nSPS) is 13.2. The van der Waals surface area contributed by atoms with Gasteiger partial charge in [-0.3, -0.25) is 0 Å². The van der Waals surface area contributed by atoms with Crippen molar-refractivity contribution in [2.45, 2.75) is 19.4 Å². The van der Waals surface area contributed by atoms with Crippen LogP contribution in [0.5, 0.6) is 11.6 Å². The number of hydrogen-bond donors (Lipinski definition) is 2. The Balaban J connectivity index is 1.25. The van der Waals surface area contributed by atoms with Crippen LogP contribution in [0, 0.1) is 0 Å². The van der Waals surface area contributed by atoms with Crippen molar-refractivity contribution < 1.29 is 9.53 Å². The highest BCUT2D eigenvalue weighted by Crippen LogP contribution is 2.23. The summed E-state index contributed by atoms with van der Waals surface area (Å²) in [6.07, 6.45) is 5.80. The molecule has 4 rings (SSSR count). The number of amides is 2. The standard InChI is InChI=1S/C22H22BrN5O2/c23-17-4-3-5-19(12-17)30-21-9-7-18(15-25-21)27-22(29)26-14-16-6-8-20(24-13-16)28-10-1-2-11-28/h3-9,12-13,15H,1-2,10-11,14H2,(H2,26,27,29). The maximum absolute atomic E-state index is 12.2. The van der Waals surface area contributed by atoms with E-state index in [2.05, 4.69) is 41.4 Å². The lowest BCUT2D eigenvalue weighted by Crippen LogP contribution is -2.28. The number of ether oxygens (including phenoxy) is 1. The van der Waals surface area contributed by atoms with Gasteiger partial charge in [0.1, 0.15) is 11.6 Å². The quantitative estimate of drug-likeness (QED) is 0.535. The van der Waals surface area contributed by atoms with Crippen LogP contribution in [0.15, 0.2) is 65.4 Å². The molecule has 0 atom stereocenters. The van der Waals surface area contributed by atoms with Gasteiger partial charge in [-0.15, -0.1) is 0 Å². The van der Waals surface area contributed by atoms with Crippen molar-refractivity contribution in [3.05, 3.63) is 71.0 Å². The molecule has 154 valence electrons. The average molecular weight is 468 g/mol. The minimum Gasteiger partial charge on any atom is -0.439 e. The van der Waals surface area contributed by atoms with E-state index in [4.69, 9.17) is 4.74 Å². The van der Waals surface area contributed by atoms with Crippen LogP contribution in [0.4, 0.5) is 16.3 Å². The smallest absolute Gasteiger partial charge is 0.319 e. The number of pyridine rings is 2. The summed E-state index contributed by atoms with van der Waals surface area (Å²) in [5, 5.41) is 5.59. The molecule has 2 aromatic heterocycles. The van der Waals surface area contributed by atoms with Gasteiger partial charge >= 0.3 is 6.03 Å². The Morgan fingerprint density at radius 2 is 1.93 bits per heavy atom. The van der Waals surface area contributed by atoms with Crippen molar-refractivity contribution in [3.8, 4) is 11.6 Å². The summed E-state index contributed by atoms with van der Waals surface area (Å²) in [4.78, 5) is 23.2. The first-order valence-electron chi connectivity index (χ1n) is 9.80. The summed E-state index contributed by atoms with van der Waals surface area (Å²) >= 11 is 3.40. The Morgan fingerprint density at radius 3 is 2.63 bits per heavy atom. The second-order valence-electron chi connectivity index (χ2n) is 6.97. The number of halogens is 1. The summed E-state index contributed by atoms with van der Waals surface area (Å²) in [6.45, 7) is 2.53. The van der Waals surface area contributed by atoms with Gasteiger partial charge in [-0.1, -0.05) is 28.1 Å². The summed E-state index contributed by atoms with van der Waals surface area (Å²) in [5.74, 6) is 2.12. The first kappa shape index (κ1) is 20.2. The van der Waals surface area contributed by atoms with Crippen LogP contribution >= 0.6 is 15.9 Å². The molecule has 1 fully saturated rings. The Hall–Kier alpha value is -3.13. The molecule has 3 aromatic rings. The number of carbonyl (C=O) groups excluding carboxylic acids is 1. The highest BCUT2D eigenvalue weighted by molar-refractivity contribution is 9.10. The lowest BCUT2D eigenvalue weighted by molar-refractivity contribution is 0.251. The molecule has 0 unspecified atom stereocenters. The van der Waals surface area contributed by atoms with Gasteiger partial charge in [0.2, 0.25) is 5.88 Å². The maximum Gasteiger partial charge on any atom is 0.319 e. The van der Waals surface area contributed by atoms with Crippen LogP contribution in [-0.2, 0) is 6.54 Å². The van der Waals surface area contributed by atoms with Crippen LogP contribution in [-0.4, -0.2) is 29.1 Å². The average Bonchev–Trinajstić information content (AvgIpc) is 3.29. The predicted molar refractivity (Wildman–Crippen MR) is 120 cm³/mol. The van der Waals surface area contributed by atoms with Crippen LogP contribution in [0.2, 0.25) is 0 Å². The highest BCUT2D eigenvalue weighted by atomic mass is 79.9. The van der Waals surface area contributed by atoms with E-state index in [1.54, 1.807) is 18.3 Å². The zero-order chi connectivity index (χ0) is 20.8. The van der Waals surface area contributed by atoms with Gasteiger partial charge in [0.15, 0.2) is 0 Å². The van der Waals surface area contributed by atoms with Crippen LogP contribution in [0.1, 0.15) is 18.4 Å². The molecule has 1 saturated heterocycles. The van der Waals surface area contributed by atoms with E-state index in [0.29, 0.717) is 23.9 Å². The Kier molecular flexibility index (Phi) is 6.44. The van der Waals surface area contributed by atoms with Gasteiger partial charge in [0.05, 0.1) is 11.9 Å². The molecule has 2 amide bonds. The number of urea groups is 1. The van der Waals surface area contributed by atoms with E-state index in [0.717, 1.165) is 28.9 Å². The van der Waals surface area contributed by atoms with Gasteiger partial charge < -0.3 is 20.3 Å². The van der Waals surface area contributed by atoms with Gasteiger partial charge in [-0.2, -0.15) is 0 Å². The Morgan fingerprint density at radius 1 is 1.07 bits per heavy atom. The fourth-order valence-electron chi connectivity index (χ4n) is 3.18. The summed E-state index contributed by atoms with van der Waals surface area (Å²) < 4.78 is 6.62. The molecular weight excluding hydrogens is 446 g/mol. The van der Waals surface area contributed by atoms with Crippen molar-refractivity contribution in [2.75, 3.05) is 23.3 Å². The third-order valence-electron chi connectivity index (χ3n) is 4.70. The molecule has 0 saturated carbocycles. The molecule has 8 heteroatoms. The van der Waals surface area contributed by atoms with E-state index in [1.165, 1.54) is 12.8 Å². The number of rotatable bonds is 6. The third-order valence-corrected chi connectivity index (χ3v) is 5.20. The highest BCUT2D eigenvalue weighted by Gasteiger charge is 2.13. The lowest BCUT2D eigenvalue weighted by atomic mass is 10.3. The van der Waals surface area contributed by atoms with E-state index < -0.39 is 0 Å². The van der Waals surface area contributed by atoms with Crippen LogP contribution in [0.25, 0.3) is 0 Å². The topological polar surface area (TPSA) is 79.4 Å². The van der Waals surface area contributed by atoms with E-state index in [9.17, 15) is 4.79 Å². The number of anilines is 2. The molecule has 1 aromatic carbocycles. The number of carbonyl (C=O) groups is 1. The lowest BCUT2D eigenvalue weighted by Gasteiger charge is -2.16. The minimum atomic E-state index is -0.305. The second kappa shape index (κ2) is 9.58. The van der Waals surface area contributed by atoms with Gasteiger partial charge in [-0.25, -0.2) is 14.8 Å². The first-order chi connectivity index (χ1) is 14.7. The zero-order valence-electron chi connectivity index (χ0n) is 16.3. The van der Waals surface area contributed by atoms with Crippen LogP contribution in [0.3, 0.4) is 0 Å². The molecule has 1 aliphatic rings. The van der Waals surface area contributed by atoms with E-state index in [1.807, 2.05) is 42.6 Å². The summed E-state index contributed by atoms with van der Waals surface area (Å²) in [6, 6.07) is 14.7. The molecule has 0 aliphatic carbocycles. The van der Waals surface area contributed by atoms with Crippen molar-refractivity contribution in [1.29, 1.82) is 0 Å². The first-order valence-corrected chi connectivity index (χ1v) is 10.6. The fraction of sp³-hybridized carbons (Fsp3) is 0.227. The Bertz CT molecular complexity index is 989. The fourth-order valence-corrected chi connectivity index (χ4v) is 3.56. The molecule has 2 N–H and O–H groups in total. The number of aromatic nitrogens is 2. The number of nitrogens with zero attached hydrogens (tertiary/aromatic N) is 3. The predicted octanol–water partition coefficient (Wildman–Crippen LogP) is 4.95. The van der Waals surface area contributed by atoms with Gasteiger partial charge in [-0.05, 0) is 48.7 Å². The van der Waals surface area contributed by atoms with Crippen LogP contribution < -0.4 is 20.3 Å². The summed E-state index contributed by atoms with van der Waals surface area (Å²) in [7, 11) is 0. The van der Waals surface area contributed by atoms with E-state index in [-0.39, 0.29) is 6.03 Å². The molecule has 30 heavy (non-hydrogen) atoms. The Labute approximate surface area is 183 Å². The third kappa shape index (κ3) is 5.48. The largest absolute Gasteiger partial charge is 0.439 e. The number of hydrogen-bond acceptors (Lipinski definition) is 5. The summed E-state index contributed by atoms with van der Waals surface area (Å²) in [5.41, 5.74) is 1.53. The molecule has 1 aliphatic heterocycles. The van der Waals surface area contributed by atoms with Crippen molar-refractivity contribution in [2.24, 2.45) is 0 Å². The van der Waals surface area contributed by atoms with Gasteiger partial charge in [0.25, 0.3) is 0 Å². The number of nitrogens with one attached hydrogen (secondary N) is 2. The SMILES string of the molecule is O=C(NCc1ccc(N2CCCC2)nc1)Nc1ccc(Oc2cccc(Br)c2)nc1. The molecule has 0 bridgehead atoms.